The van der Waals surface area contributed by atoms with Crippen LogP contribution in [-0.2, 0) is 5.60 Å². The minimum Gasteiger partial charge on any atom is -0.497 e. The minimum atomic E-state index is -5.95. The zero-order valence-electron chi connectivity index (χ0n) is 12.9. The Kier molecular flexibility index (Phi) is 4.59. The molecule has 2 aromatic rings. The Hall–Kier alpha value is -2.15. The van der Waals surface area contributed by atoms with Crippen molar-refractivity contribution in [2.45, 2.75) is 24.6 Å². The van der Waals surface area contributed by atoms with Gasteiger partial charge >= 0.3 is 12.1 Å². The molecule has 0 bridgehead atoms. The maximum Gasteiger partial charge on any atom is 0.457 e. The molecule has 0 fully saturated rings. The first-order chi connectivity index (χ1) is 11.1. The third-order valence-electron chi connectivity index (χ3n) is 3.83. The molecule has 7 heteroatoms. The van der Waals surface area contributed by atoms with E-state index in [2.05, 4.69) is 0 Å². The van der Waals surface area contributed by atoms with E-state index >= 15 is 0 Å². The van der Waals surface area contributed by atoms with Gasteiger partial charge in [0.2, 0.25) is 0 Å². The number of rotatable bonds is 4. The molecule has 1 N–H and O–H groups in total. The Morgan fingerprint density at radius 1 is 0.917 bits per heavy atom. The third-order valence-corrected chi connectivity index (χ3v) is 3.83. The molecule has 1 atom stereocenters. The van der Waals surface area contributed by atoms with Crippen molar-refractivity contribution in [2.24, 2.45) is 0 Å². The summed E-state index contributed by atoms with van der Waals surface area (Å²) in [5, 5.41) is 10.7. The number of alkyl halides is 5. The lowest BCUT2D eigenvalue weighted by atomic mass is 9.78. The summed E-state index contributed by atoms with van der Waals surface area (Å²) in [5.41, 5.74) is -4.63. The first-order valence-electron chi connectivity index (χ1n) is 6.93. The molecule has 2 aromatic carbocycles. The molecule has 2 nitrogen and oxygen atoms in total. The van der Waals surface area contributed by atoms with Crippen molar-refractivity contribution in [1.29, 1.82) is 0 Å². The number of halogens is 5. The summed E-state index contributed by atoms with van der Waals surface area (Å²) in [4.78, 5) is 0. The molecule has 130 valence electrons. The molecule has 0 radical (unpaired) electrons. The van der Waals surface area contributed by atoms with Crippen LogP contribution in [-0.4, -0.2) is 24.3 Å². The highest BCUT2D eigenvalue weighted by Gasteiger charge is 2.71. The second-order valence-electron chi connectivity index (χ2n) is 5.33. The van der Waals surface area contributed by atoms with E-state index in [1.165, 1.54) is 44.4 Å². The van der Waals surface area contributed by atoms with Crippen LogP contribution in [0.25, 0.3) is 0 Å². The highest BCUT2D eigenvalue weighted by molar-refractivity contribution is 5.45. The zero-order chi connectivity index (χ0) is 18.2. The minimum absolute atomic E-state index is 0.0532. The number of methoxy groups -OCH3 is 1. The summed E-state index contributed by atoms with van der Waals surface area (Å²) in [6.07, 6.45) is -5.95. The van der Waals surface area contributed by atoms with Crippen molar-refractivity contribution in [3.8, 4) is 5.75 Å². The Bertz CT molecular complexity index is 727. The van der Waals surface area contributed by atoms with E-state index in [1.807, 2.05) is 0 Å². The Balaban J connectivity index is 2.82. The van der Waals surface area contributed by atoms with Crippen molar-refractivity contribution in [3.05, 3.63) is 65.2 Å². The van der Waals surface area contributed by atoms with E-state index in [0.717, 1.165) is 18.2 Å². The van der Waals surface area contributed by atoms with Gasteiger partial charge in [-0.25, -0.2) is 0 Å². The van der Waals surface area contributed by atoms with E-state index < -0.39 is 28.8 Å². The molecular weight excluding hydrogens is 331 g/mol. The monoisotopic (exact) mass is 346 g/mol. The van der Waals surface area contributed by atoms with Gasteiger partial charge in [-0.15, -0.1) is 0 Å². The van der Waals surface area contributed by atoms with Crippen molar-refractivity contribution in [3.63, 3.8) is 0 Å². The molecule has 0 amide bonds. The summed E-state index contributed by atoms with van der Waals surface area (Å²) in [6.45, 7) is 1.35. The van der Waals surface area contributed by atoms with Crippen LogP contribution >= 0.6 is 0 Å². The maximum atomic E-state index is 14.4. The van der Waals surface area contributed by atoms with Crippen LogP contribution in [0, 0.1) is 6.92 Å². The number of hydrogen-bond acceptors (Lipinski definition) is 2. The predicted molar refractivity (Wildman–Crippen MR) is 78.2 cm³/mol. The van der Waals surface area contributed by atoms with E-state index in [4.69, 9.17) is 4.74 Å². The average molecular weight is 346 g/mol. The quantitative estimate of drug-likeness (QED) is 0.830. The first-order valence-corrected chi connectivity index (χ1v) is 6.93. The average Bonchev–Trinajstić information content (AvgIpc) is 2.53. The summed E-state index contributed by atoms with van der Waals surface area (Å²) in [7, 11) is 1.24. The molecule has 1 unspecified atom stereocenters. The van der Waals surface area contributed by atoms with Gasteiger partial charge in [-0.1, -0.05) is 36.4 Å². The summed E-state index contributed by atoms with van der Waals surface area (Å²) in [6, 6.07) is 9.77. The van der Waals surface area contributed by atoms with E-state index in [-0.39, 0.29) is 11.3 Å². The maximum absolute atomic E-state index is 14.4. The lowest BCUT2D eigenvalue weighted by Gasteiger charge is -2.38. The van der Waals surface area contributed by atoms with Gasteiger partial charge in [-0.3, -0.25) is 0 Å². The number of aryl methyl sites for hydroxylation is 1. The van der Waals surface area contributed by atoms with Crippen molar-refractivity contribution >= 4 is 0 Å². The van der Waals surface area contributed by atoms with Crippen LogP contribution in [0.5, 0.6) is 5.75 Å². The second kappa shape index (κ2) is 6.05. The lowest BCUT2D eigenvalue weighted by molar-refractivity contribution is -0.336. The summed E-state index contributed by atoms with van der Waals surface area (Å²) < 4.78 is 72.8. The standard InChI is InChI=1S/C17H15F5O2/c1-11-6-3-4-9-14(11)15(23,16(18,19)17(20,21)22)12-7-5-8-13(10-12)24-2/h3-10,23H,1-2H3. The topological polar surface area (TPSA) is 29.5 Å². The van der Waals surface area contributed by atoms with Gasteiger partial charge in [0.15, 0.2) is 5.60 Å². The smallest absolute Gasteiger partial charge is 0.457 e. The molecule has 0 aliphatic heterocycles. The van der Waals surface area contributed by atoms with Crippen molar-refractivity contribution in [1.82, 2.24) is 0 Å². The number of benzene rings is 2. The van der Waals surface area contributed by atoms with Gasteiger partial charge in [0, 0.05) is 0 Å². The van der Waals surface area contributed by atoms with Crippen LogP contribution in [0.15, 0.2) is 48.5 Å². The summed E-state index contributed by atoms with van der Waals surface area (Å²) >= 11 is 0. The van der Waals surface area contributed by atoms with E-state index in [1.54, 1.807) is 0 Å². The van der Waals surface area contributed by atoms with E-state index in [0.29, 0.717) is 0 Å². The second-order valence-corrected chi connectivity index (χ2v) is 5.33. The van der Waals surface area contributed by atoms with Gasteiger partial charge in [-0.05, 0) is 35.7 Å². The molecule has 2 rings (SSSR count). The number of hydrogen-bond donors (Lipinski definition) is 1. The molecule has 24 heavy (non-hydrogen) atoms. The van der Waals surface area contributed by atoms with Gasteiger partial charge in [0.05, 0.1) is 7.11 Å². The largest absolute Gasteiger partial charge is 0.497 e. The van der Waals surface area contributed by atoms with Crippen molar-refractivity contribution in [2.75, 3.05) is 7.11 Å². The normalized spacial score (nSPS) is 15.0. The molecule has 0 saturated carbocycles. The fourth-order valence-corrected chi connectivity index (χ4v) is 2.54. The van der Waals surface area contributed by atoms with Crippen LogP contribution in [0.3, 0.4) is 0 Å². The predicted octanol–water partition coefficient (Wildman–Crippen LogP) is 4.44. The first kappa shape index (κ1) is 18.2. The van der Waals surface area contributed by atoms with Crippen LogP contribution in [0.4, 0.5) is 22.0 Å². The lowest BCUT2D eigenvalue weighted by Crippen LogP contribution is -2.55. The van der Waals surface area contributed by atoms with Crippen LogP contribution in [0.2, 0.25) is 0 Å². The Morgan fingerprint density at radius 2 is 1.54 bits per heavy atom. The fourth-order valence-electron chi connectivity index (χ4n) is 2.54. The highest BCUT2D eigenvalue weighted by Crippen LogP contribution is 2.52. The number of ether oxygens (including phenoxy) is 1. The SMILES string of the molecule is COc1cccc(C(O)(c2ccccc2C)C(F)(F)C(F)(F)F)c1. The molecular formula is C17H15F5O2. The molecule has 0 heterocycles. The Labute approximate surface area is 135 Å². The Morgan fingerprint density at radius 3 is 2.08 bits per heavy atom. The molecule has 0 aromatic heterocycles. The molecule has 0 spiro atoms. The zero-order valence-corrected chi connectivity index (χ0v) is 12.9. The summed E-state index contributed by atoms with van der Waals surface area (Å²) in [5.74, 6) is -5.36. The van der Waals surface area contributed by atoms with Gasteiger partial charge in [-0.2, -0.15) is 22.0 Å². The molecule has 0 aliphatic rings. The van der Waals surface area contributed by atoms with Gasteiger partial charge in [0.25, 0.3) is 0 Å². The number of aliphatic hydroxyl groups is 1. The van der Waals surface area contributed by atoms with Crippen LogP contribution < -0.4 is 4.74 Å². The van der Waals surface area contributed by atoms with Gasteiger partial charge in [0.1, 0.15) is 5.75 Å². The van der Waals surface area contributed by atoms with Gasteiger partial charge < -0.3 is 9.84 Å². The van der Waals surface area contributed by atoms with Crippen molar-refractivity contribution < 1.29 is 31.8 Å². The van der Waals surface area contributed by atoms with E-state index in [9.17, 15) is 27.1 Å². The highest BCUT2D eigenvalue weighted by atomic mass is 19.4. The molecule has 0 saturated heterocycles. The van der Waals surface area contributed by atoms with Crippen LogP contribution in [0.1, 0.15) is 16.7 Å². The third kappa shape index (κ3) is 2.73. The molecule has 0 aliphatic carbocycles. The fraction of sp³-hybridized carbons (Fsp3) is 0.294.